The van der Waals surface area contributed by atoms with Crippen molar-refractivity contribution >= 4 is 23.0 Å². The highest BCUT2D eigenvalue weighted by Crippen LogP contribution is 2.34. The fourth-order valence-electron chi connectivity index (χ4n) is 3.48. The Morgan fingerprint density at radius 1 is 1.19 bits per heavy atom. The van der Waals surface area contributed by atoms with E-state index in [9.17, 15) is 9.90 Å². The first-order chi connectivity index (χ1) is 14.9. The number of hydrogen-bond donors (Lipinski definition) is 3. The topological polar surface area (TPSA) is 93.6 Å². The summed E-state index contributed by atoms with van der Waals surface area (Å²) in [4.78, 5) is 13.6. The van der Waals surface area contributed by atoms with E-state index >= 15 is 0 Å². The van der Waals surface area contributed by atoms with Crippen molar-refractivity contribution in [1.82, 2.24) is 15.5 Å². The number of phenolic OH excluding ortho intramolecular Hbond substituents is 1. The fraction of sp³-hybridized carbons (Fsp3) is 0.125. The smallest absolute Gasteiger partial charge is 0.283 e. The molecule has 0 atom stereocenters. The lowest BCUT2D eigenvalue weighted by Crippen LogP contribution is -2.28. The lowest BCUT2D eigenvalue weighted by atomic mass is 9.92. The van der Waals surface area contributed by atoms with Crippen molar-refractivity contribution in [3.05, 3.63) is 95.3 Å². The number of nitrogens with one attached hydrogen (secondary N) is 2. The zero-order valence-corrected chi connectivity index (χ0v) is 17.4. The van der Waals surface area contributed by atoms with Gasteiger partial charge in [-0.05, 0) is 49.2 Å². The molecule has 7 nitrogen and oxygen atoms in total. The molecule has 0 radical (unpaired) electrons. The van der Waals surface area contributed by atoms with Gasteiger partial charge < -0.3 is 10.4 Å². The number of nitrogens with zero attached hydrogens (tertiary/aromatic N) is 3. The molecular formula is C24H23N5O2. The largest absolute Gasteiger partial charge is 0.508 e. The Morgan fingerprint density at radius 2 is 1.97 bits per heavy atom. The third-order valence-electron chi connectivity index (χ3n) is 4.79. The maximum absolute atomic E-state index is 13.6. The molecule has 1 aliphatic heterocycles. The molecule has 0 fully saturated rings. The Labute approximate surface area is 180 Å². The van der Waals surface area contributed by atoms with E-state index in [0.29, 0.717) is 40.3 Å². The molecule has 0 saturated carbocycles. The first-order valence-corrected chi connectivity index (χ1v) is 9.85. The van der Waals surface area contributed by atoms with Crippen LogP contribution in [0.3, 0.4) is 0 Å². The van der Waals surface area contributed by atoms with E-state index in [2.05, 4.69) is 27.2 Å². The monoisotopic (exact) mass is 413 g/mol. The molecule has 4 rings (SSSR count). The van der Waals surface area contributed by atoms with Crippen LogP contribution in [-0.2, 0) is 4.79 Å². The van der Waals surface area contributed by atoms with Crippen molar-refractivity contribution in [3.8, 4) is 5.75 Å². The van der Waals surface area contributed by atoms with E-state index < -0.39 is 0 Å². The number of rotatable bonds is 5. The van der Waals surface area contributed by atoms with Crippen LogP contribution in [0.2, 0.25) is 0 Å². The number of amidine groups is 1. The maximum Gasteiger partial charge on any atom is 0.283 e. The summed E-state index contributed by atoms with van der Waals surface area (Å²) in [6.45, 7) is 8.19. The highest BCUT2D eigenvalue weighted by Gasteiger charge is 2.35. The van der Waals surface area contributed by atoms with Gasteiger partial charge in [0.05, 0.1) is 17.5 Å². The maximum atomic E-state index is 13.6. The van der Waals surface area contributed by atoms with E-state index in [4.69, 9.17) is 0 Å². The number of hydrazone groups is 1. The number of amides is 1. The van der Waals surface area contributed by atoms with Gasteiger partial charge in [-0.1, -0.05) is 36.4 Å². The molecule has 0 unspecified atom stereocenters. The van der Waals surface area contributed by atoms with Crippen molar-refractivity contribution < 1.29 is 9.90 Å². The number of aromatic nitrogens is 2. The number of benzene rings is 2. The van der Waals surface area contributed by atoms with Gasteiger partial charge in [0, 0.05) is 23.9 Å². The quantitative estimate of drug-likeness (QED) is 0.439. The van der Waals surface area contributed by atoms with Gasteiger partial charge in [0.1, 0.15) is 5.75 Å². The normalized spacial score (nSPS) is 15.1. The van der Waals surface area contributed by atoms with Gasteiger partial charge >= 0.3 is 0 Å². The fourth-order valence-corrected chi connectivity index (χ4v) is 3.48. The molecule has 156 valence electrons. The molecule has 1 aromatic heterocycles. The molecule has 0 saturated heterocycles. The number of carbonyl (C=O) groups is 1. The summed E-state index contributed by atoms with van der Waals surface area (Å²) in [6, 6.07) is 14.5. The molecule has 31 heavy (non-hydrogen) atoms. The van der Waals surface area contributed by atoms with Crippen LogP contribution in [0.5, 0.6) is 5.75 Å². The Bertz CT molecular complexity index is 1170. The molecule has 0 aliphatic carbocycles. The van der Waals surface area contributed by atoms with Gasteiger partial charge in [0.15, 0.2) is 5.84 Å². The van der Waals surface area contributed by atoms with Crippen molar-refractivity contribution in [3.63, 3.8) is 0 Å². The molecule has 0 bridgehead atoms. The van der Waals surface area contributed by atoms with E-state index in [0.717, 1.165) is 11.1 Å². The Hall–Kier alpha value is -4.13. The first-order valence-electron chi connectivity index (χ1n) is 9.85. The number of hydrogen-bond acceptors (Lipinski definition) is 5. The minimum atomic E-state index is -0.271. The van der Waals surface area contributed by atoms with Gasteiger partial charge in [0.2, 0.25) is 0 Å². The summed E-state index contributed by atoms with van der Waals surface area (Å²) in [5.41, 5.74) is 4.88. The number of aromatic amines is 1. The zero-order chi connectivity index (χ0) is 22.0. The van der Waals surface area contributed by atoms with Crippen LogP contribution in [0.15, 0.2) is 83.8 Å². The van der Waals surface area contributed by atoms with Gasteiger partial charge in [-0.2, -0.15) is 10.1 Å². The number of carbonyl (C=O) groups excluding carboxylic acids is 1. The second kappa shape index (κ2) is 8.31. The molecule has 3 N–H and O–H groups in total. The van der Waals surface area contributed by atoms with Gasteiger partial charge in [-0.25, -0.2) is 0 Å². The van der Waals surface area contributed by atoms with Crippen molar-refractivity contribution in [1.29, 1.82) is 0 Å². The van der Waals surface area contributed by atoms with Crippen molar-refractivity contribution in [2.45, 2.75) is 13.8 Å². The van der Waals surface area contributed by atoms with Crippen LogP contribution in [-0.4, -0.2) is 33.6 Å². The van der Waals surface area contributed by atoms with Gasteiger partial charge in [0.25, 0.3) is 5.91 Å². The minimum Gasteiger partial charge on any atom is -0.508 e. The molecule has 3 aromatic rings. The summed E-state index contributed by atoms with van der Waals surface area (Å²) in [7, 11) is 0. The molecular weight excluding hydrogens is 390 g/mol. The summed E-state index contributed by atoms with van der Waals surface area (Å²) in [5, 5.41) is 26.3. The number of aryl methyl sites for hydroxylation is 1. The molecule has 1 amide bonds. The second-order valence-electron chi connectivity index (χ2n) is 7.51. The van der Waals surface area contributed by atoms with Gasteiger partial charge in [-0.3, -0.25) is 9.89 Å². The average molecular weight is 413 g/mol. The summed E-state index contributed by atoms with van der Waals surface area (Å²) in [6.07, 6.45) is 3.37. The highest BCUT2D eigenvalue weighted by atomic mass is 16.3. The SMILES string of the molecule is C=C(C)CNC1=NN(c2ccccc2)C(=O)/C1=C(/c1cn[nH]c1)c1cc(C)cc(O)c1. The number of anilines is 1. The van der Waals surface area contributed by atoms with Crippen molar-refractivity contribution in [2.24, 2.45) is 5.10 Å². The average Bonchev–Trinajstić information content (AvgIpc) is 3.36. The van der Waals surface area contributed by atoms with Crippen LogP contribution < -0.4 is 10.3 Å². The Balaban J connectivity index is 1.94. The standard InChI is InChI=1S/C24H23N5O2/c1-15(2)12-25-23-22(24(31)29(28-23)19-7-5-4-6-8-19)21(18-13-26-27-14-18)17-9-16(3)10-20(30)11-17/h4-11,13-14,30H,1,12H2,2-3H3,(H,25,28)(H,26,27)/b22-21+. The summed E-state index contributed by atoms with van der Waals surface area (Å²) < 4.78 is 0. The Morgan fingerprint density at radius 3 is 2.61 bits per heavy atom. The highest BCUT2D eigenvalue weighted by molar-refractivity contribution is 6.34. The van der Waals surface area contributed by atoms with Gasteiger partial charge in [-0.15, -0.1) is 5.10 Å². The Kier molecular flexibility index (Phi) is 5.41. The molecule has 0 spiro atoms. The molecule has 2 heterocycles. The number of para-hydroxylation sites is 1. The zero-order valence-electron chi connectivity index (χ0n) is 17.4. The van der Waals surface area contributed by atoms with E-state index in [1.807, 2.05) is 50.2 Å². The lowest BCUT2D eigenvalue weighted by molar-refractivity contribution is -0.114. The number of H-pyrrole nitrogens is 1. The van der Waals surface area contributed by atoms with Crippen LogP contribution in [0.1, 0.15) is 23.6 Å². The molecule has 2 aromatic carbocycles. The second-order valence-corrected chi connectivity index (χ2v) is 7.51. The lowest BCUT2D eigenvalue weighted by Gasteiger charge is -2.14. The van der Waals surface area contributed by atoms with E-state index in [1.165, 1.54) is 5.01 Å². The number of phenols is 1. The first kappa shape index (κ1) is 20.2. The van der Waals surface area contributed by atoms with E-state index in [-0.39, 0.29) is 11.7 Å². The molecule has 1 aliphatic rings. The van der Waals surface area contributed by atoms with Crippen LogP contribution >= 0.6 is 0 Å². The third-order valence-corrected chi connectivity index (χ3v) is 4.79. The summed E-state index contributed by atoms with van der Waals surface area (Å²) in [5.74, 6) is 0.289. The van der Waals surface area contributed by atoms with Crippen molar-refractivity contribution in [2.75, 3.05) is 11.6 Å². The number of aromatic hydroxyl groups is 1. The van der Waals surface area contributed by atoms with E-state index in [1.54, 1.807) is 24.5 Å². The minimum absolute atomic E-state index is 0.121. The summed E-state index contributed by atoms with van der Waals surface area (Å²) >= 11 is 0. The molecule has 7 heteroatoms. The van der Waals surface area contributed by atoms with Crippen LogP contribution in [0, 0.1) is 6.92 Å². The third kappa shape index (κ3) is 4.11. The predicted molar refractivity (Wildman–Crippen MR) is 122 cm³/mol. The van der Waals surface area contributed by atoms with Crippen LogP contribution in [0.25, 0.3) is 5.57 Å². The van der Waals surface area contributed by atoms with Crippen LogP contribution in [0.4, 0.5) is 5.69 Å². The predicted octanol–water partition coefficient (Wildman–Crippen LogP) is 3.75.